The van der Waals surface area contributed by atoms with Crippen molar-refractivity contribution in [1.82, 2.24) is 4.90 Å². The molecule has 1 aliphatic heterocycles. The molecule has 0 amide bonds. The molecule has 1 aromatic carbocycles. The zero-order valence-corrected chi connectivity index (χ0v) is 11.4. The van der Waals surface area contributed by atoms with E-state index >= 15 is 0 Å². The van der Waals surface area contributed by atoms with Crippen molar-refractivity contribution in [3.63, 3.8) is 0 Å². The second-order valence-corrected chi connectivity index (χ2v) is 5.49. The predicted molar refractivity (Wildman–Crippen MR) is 72.7 cm³/mol. The summed E-state index contributed by atoms with van der Waals surface area (Å²) in [6.45, 7) is 7.41. The van der Waals surface area contributed by atoms with Gasteiger partial charge in [0, 0.05) is 30.2 Å². The Morgan fingerprint density at radius 1 is 1.33 bits per heavy atom. The number of piperidine rings is 1. The molecule has 2 N–H and O–H groups in total. The predicted octanol–water partition coefficient (Wildman–Crippen LogP) is 2.94. The summed E-state index contributed by atoms with van der Waals surface area (Å²) < 4.78 is 13.8. The third-order valence-corrected chi connectivity index (χ3v) is 4.53. The van der Waals surface area contributed by atoms with E-state index in [1.54, 1.807) is 6.07 Å². The van der Waals surface area contributed by atoms with E-state index in [-0.39, 0.29) is 17.9 Å². The van der Waals surface area contributed by atoms with Crippen molar-refractivity contribution < 1.29 is 4.39 Å². The van der Waals surface area contributed by atoms with Crippen LogP contribution in [0.3, 0.4) is 0 Å². The van der Waals surface area contributed by atoms with Crippen molar-refractivity contribution in [3.05, 3.63) is 35.6 Å². The number of hydrogen-bond donors (Lipinski definition) is 1. The van der Waals surface area contributed by atoms with E-state index in [9.17, 15) is 4.39 Å². The molecule has 18 heavy (non-hydrogen) atoms. The van der Waals surface area contributed by atoms with Crippen molar-refractivity contribution in [3.8, 4) is 0 Å². The van der Waals surface area contributed by atoms with E-state index in [0.717, 1.165) is 18.5 Å². The molecule has 1 aromatic rings. The van der Waals surface area contributed by atoms with E-state index in [1.165, 1.54) is 6.07 Å². The zero-order chi connectivity index (χ0) is 13.3. The monoisotopic (exact) mass is 250 g/mol. The molecule has 2 nitrogen and oxygen atoms in total. The number of nitrogens with zero attached hydrogens (tertiary/aromatic N) is 1. The number of likely N-dealkylation sites (tertiary alicyclic amines) is 1. The molecule has 0 radical (unpaired) electrons. The van der Waals surface area contributed by atoms with Gasteiger partial charge in [-0.2, -0.15) is 0 Å². The SMILES string of the molecule is CC1C(N)CCN(C(C)c2ccccc2F)C1C. The summed E-state index contributed by atoms with van der Waals surface area (Å²) in [5, 5.41) is 0. The van der Waals surface area contributed by atoms with Gasteiger partial charge in [0.1, 0.15) is 5.82 Å². The molecule has 2 rings (SSSR count). The first kappa shape index (κ1) is 13.5. The maximum absolute atomic E-state index is 13.8. The largest absolute Gasteiger partial charge is 0.327 e. The maximum atomic E-state index is 13.8. The van der Waals surface area contributed by atoms with Gasteiger partial charge in [0.05, 0.1) is 0 Å². The summed E-state index contributed by atoms with van der Waals surface area (Å²) in [6.07, 6.45) is 0.990. The Bertz CT molecular complexity index is 407. The van der Waals surface area contributed by atoms with Gasteiger partial charge in [0.25, 0.3) is 0 Å². The zero-order valence-electron chi connectivity index (χ0n) is 11.4. The van der Waals surface area contributed by atoms with Crippen LogP contribution in [-0.4, -0.2) is 23.5 Å². The molecule has 1 aliphatic rings. The van der Waals surface area contributed by atoms with Gasteiger partial charge in [0.15, 0.2) is 0 Å². The molecule has 3 heteroatoms. The first-order valence-corrected chi connectivity index (χ1v) is 6.78. The summed E-state index contributed by atoms with van der Waals surface area (Å²) in [7, 11) is 0. The number of halogens is 1. The van der Waals surface area contributed by atoms with Crippen LogP contribution in [0.2, 0.25) is 0 Å². The van der Waals surface area contributed by atoms with Crippen LogP contribution in [0, 0.1) is 11.7 Å². The Morgan fingerprint density at radius 2 is 2.00 bits per heavy atom. The van der Waals surface area contributed by atoms with E-state index in [2.05, 4.69) is 25.7 Å². The smallest absolute Gasteiger partial charge is 0.127 e. The molecular weight excluding hydrogens is 227 g/mol. The van der Waals surface area contributed by atoms with E-state index in [0.29, 0.717) is 12.0 Å². The summed E-state index contributed by atoms with van der Waals surface area (Å²) in [6, 6.07) is 7.83. The Hall–Kier alpha value is -0.930. The molecule has 1 saturated heterocycles. The minimum Gasteiger partial charge on any atom is -0.327 e. The van der Waals surface area contributed by atoms with Gasteiger partial charge >= 0.3 is 0 Å². The summed E-state index contributed by atoms with van der Waals surface area (Å²) in [4.78, 5) is 2.37. The lowest BCUT2D eigenvalue weighted by molar-refractivity contribution is 0.0613. The molecule has 0 spiro atoms. The third kappa shape index (κ3) is 2.43. The number of benzene rings is 1. The highest BCUT2D eigenvalue weighted by Gasteiger charge is 2.33. The lowest BCUT2D eigenvalue weighted by atomic mass is 9.86. The Balaban J connectivity index is 2.19. The fourth-order valence-electron chi connectivity index (χ4n) is 2.96. The number of hydrogen-bond acceptors (Lipinski definition) is 2. The normalized spacial score (nSPS) is 31.3. The van der Waals surface area contributed by atoms with Crippen LogP contribution >= 0.6 is 0 Å². The molecule has 4 atom stereocenters. The molecule has 1 fully saturated rings. The number of rotatable bonds is 2. The van der Waals surface area contributed by atoms with Crippen LogP contribution in [0.15, 0.2) is 24.3 Å². The average molecular weight is 250 g/mol. The molecule has 0 aromatic heterocycles. The van der Waals surface area contributed by atoms with Crippen LogP contribution in [0.4, 0.5) is 4.39 Å². The van der Waals surface area contributed by atoms with Gasteiger partial charge < -0.3 is 5.73 Å². The highest BCUT2D eigenvalue weighted by atomic mass is 19.1. The van der Waals surface area contributed by atoms with E-state index in [1.807, 2.05) is 12.1 Å². The summed E-state index contributed by atoms with van der Waals surface area (Å²) in [5.41, 5.74) is 6.88. The second-order valence-electron chi connectivity index (χ2n) is 5.49. The summed E-state index contributed by atoms with van der Waals surface area (Å²) >= 11 is 0. The molecule has 0 bridgehead atoms. The lowest BCUT2D eigenvalue weighted by Gasteiger charge is -2.44. The van der Waals surface area contributed by atoms with Crippen molar-refractivity contribution in [1.29, 1.82) is 0 Å². The van der Waals surface area contributed by atoms with Crippen molar-refractivity contribution in [2.24, 2.45) is 11.7 Å². The van der Waals surface area contributed by atoms with Crippen molar-refractivity contribution >= 4 is 0 Å². The molecule has 0 saturated carbocycles. The van der Waals surface area contributed by atoms with E-state index in [4.69, 9.17) is 5.73 Å². The van der Waals surface area contributed by atoms with Crippen LogP contribution in [0.5, 0.6) is 0 Å². The standard InChI is InChI=1S/C15H23FN2/c1-10-11(2)18(9-8-15(10)17)12(3)13-6-4-5-7-14(13)16/h4-7,10-12,15H,8-9,17H2,1-3H3. The first-order valence-electron chi connectivity index (χ1n) is 6.78. The minimum absolute atomic E-state index is 0.108. The van der Waals surface area contributed by atoms with Crippen molar-refractivity contribution in [2.45, 2.75) is 45.3 Å². The molecule has 0 aliphatic carbocycles. The molecule has 4 unspecified atom stereocenters. The van der Waals surface area contributed by atoms with Crippen LogP contribution < -0.4 is 5.73 Å². The molecule has 100 valence electrons. The van der Waals surface area contributed by atoms with E-state index < -0.39 is 0 Å². The van der Waals surface area contributed by atoms with Gasteiger partial charge in [-0.3, -0.25) is 4.90 Å². The maximum Gasteiger partial charge on any atom is 0.127 e. The number of nitrogens with two attached hydrogens (primary N) is 1. The first-order chi connectivity index (χ1) is 8.52. The summed E-state index contributed by atoms with van der Waals surface area (Å²) in [5.74, 6) is 0.340. The van der Waals surface area contributed by atoms with Crippen LogP contribution in [-0.2, 0) is 0 Å². The highest BCUT2D eigenvalue weighted by molar-refractivity contribution is 5.21. The topological polar surface area (TPSA) is 29.3 Å². The van der Waals surface area contributed by atoms with Gasteiger partial charge in [0.2, 0.25) is 0 Å². The lowest BCUT2D eigenvalue weighted by Crippen LogP contribution is -2.52. The Kier molecular flexibility index (Phi) is 4.03. The minimum atomic E-state index is -0.111. The Labute approximate surface area is 109 Å². The van der Waals surface area contributed by atoms with Gasteiger partial charge in [-0.05, 0) is 32.3 Å². The Morgan fingerprint density at radius 3 is 2.67 bits per heavy atom. The fraction of sp³-hybridized carbons (Fsp3) is 0.600. The second kappa shape index (κ2) is 5.37. The quantitative estimate of drug-likeness (QED) is 0.874. The van der Waals surface area contributed by atoms with Gasteiger partial charge in [-0.1, -0.05) is 25.1 Å². The molecule has 1 heterocycles. The van der Waals surface area contributed by atoms with Gasteiger partial charge in [-0.25, -0.2) is 4.39 Å². The van der Waals surface area contributed by atoms with Crippen LogP contribution in [0.25, 0.3) is 0 Å². The fourth-order valence-corrected chi connectivity index (χ4v) is 2.96. The highest BCUT2D eigenvalue weighted by Crippen LogP contribution is 2.31. The van der Waals surface area contributed by atoms with Crippen molar-refractivity contribution in [2.75, 3.05) is 6.54 Å². The van der Waals surface area contributed by atoms with Crippen LogP contribution in [0.1, 0.15) is 38.8 Å². The average Bonchev–Trinajstić information content (AvgIpc) is 2.36. The third-order valence-electron chi connectivity index (χ3n) is 4.53. The van der Waals surface area contributed by atoms with Gasteiger partial charge in [-0.15, -0.1) is 0 Å². The molecular formula is C15H23FN2.